The lowest BCUT2D eigenvalue weighted by atomic mass is 10.2. The lowest BCUT2D eigenvalue weighted by Crippen LogP contribution is -2.21. The minimum Gasteiger partial charge on any atom is -0.451 e. The van der Waals surface area contributed by atoms with E-state index in [0.29, 0.717) is 18.3 Å². The highest BCUT2D eigenvalue weighted by Gasteiger charge is 2.07. The molecule has 1 aromatic heterocycles. The molecule has 4 nitrogen and oxygen atoms in total. The summed E-state index contributed by atoms with van der Waals surface area (Å²) in [6.07, 6.45) is 3.24. The summed E-state index contributed by atoms with van der Waals surface area (Å²) in [5.74, 6) is 0.364. The fourth-order valence-corrected chi connectivity index (χ4v) is 1.64. The molecule has 0 aliphatic heterocycles. The van der Waals surface area contributed by atoms with Gasteiger partial charge in [0.1, 0.15) is 0 Å². The predicted molar refractivity (Wildman–Crippen MR) is 71.7 cm³/mol. The first-order valence-corrected chi connectivity index (χ1v) is 6.23. The van der Waals surface area contributed by atoms with Crippen LogP contribution in [0, 0.1) is 5.82 Å². The van der Waals surface area contributed by atoms with Gasteiger partial charge in [0.15, 0.2) is 17.3 Å². The fourth-order valence-electron chi connectivity index (χ4n) is 1.64. The number of rotatable bonds is 5. The van der Waals surface area contributed by atoms with Crippen LogP contribution < -0.4 is 10.1 Å². The van der Waals surface area contributed by atoms with E-state index in [0.717, 1.165) is 5.56 Å². The summed E-state index contributed by atoms with van der Waals surface area (Å²) in [4.78, 5) is 0. The van der Waals surface area contributed by atoms with Crippen molar-refractivity contribution < 1.29 is 9.13 Å². The molecule has 0 atom stereocenters. The lowest BCUT2D eigenvalue weighted by Gasteiger charge is -2.09. The first-order chi connectivity index (χ1) is 9.04. The maximum Gasteiger partial charge on any atom is 0.166 e. The predicted octanol–water partition coefficient (Wildman–Crippen LogP) is 2.85. The Bertz CT molecular complexity index is 551. The first kappa shape index (κ1) is 13.5. The molecule has 1 heterocycles. The number of halogens is 1. The van der Waals surface area contributed by atoms with Gasteiger partial charge in [-0.1, -0.05) is 19.9 Å². The number of benzene rings is 1. The van der Waals surface area contributed by atoms with Crippen LogP contribution in [0.1, 0.15) is 19.4 Å². The van der Waals surface area contributed by atoms with Crippen molar-refractivity contribution in [3.05, 3.63) is 42.0 Å². The summed E-state index contributed by atoms with van der Waals surface area (Å²) in [5, 5.41) is 7.21. The Morgan fingerprint density at radius 2 is 2.21 bits per heavy atom. The van der Waals surface area contributed by atoms with E-state index in [-0.39, 0.29) is 11.6 Å². The summed E-state index contributed by atoms with van der Waals surface area (Å²) in [6, 6.07) is 5.35. The lowest BCUT2D eigenvalue weighted by molar-refractivity contribution is 0.440. The van der Waals surface area contributed by atoms with Gasteiger partial charge in [0.05, 0.1) is 12.4 Å². The Labute approximate surface area is 112 Å². The van der Waals surface area contributed by atoms with Gasteiger partial charge in [0.2, 0.25) is 0 Å². The Hall–Kier alpha value is -1.88. The molecular weight excluding hydrogens is 245 g/mol. The summed E-state index contributed by atoms with van der Waals surface area (Å²) in [7, 11) is 1.78. The zero-order valence-electron chi connectivity index (χ0n) is 11.4. The SMILES string of the molecule is CC(C)NCc1ccc(Oc2cnn(C)c2)c(F)c1. The van der Waals surface area contributed by atoms with E-state index in [2.05, 4.69) is 24.3 Å². The van der Waals surface area contributed by atoms with Gasteiger partial charge in [-0.05, 0) is 17.7 Å². The Balaban J connectivity index is 2.06. The molecule has 0 bridgehead atoms. The molecule has 2 aromatic rings. The molecule has 2 rings (SSSR count). The van der Waals surface area contributed by atoms with Crippen molar-refractivity contribution in [3.63, 3.8) is 0 Å². The third-order valence-electron chi connectivity index (χ3n) is 2.62. The third kappa shape index (κ3) is 3.79. The number of hydrogen-bond donors (Lipinski definition) is 1. The maximum absolute atomic E-state index is 13.9. The monoisotopic (exact) mass is 263 g/mol. The van der Waals surface area contributed by atoms with Crippen molar-refractivity contribution in [2.75, 3.05) is 0 Å². The molecule has 102 valence electrons. The van der Waals surface area contributed by atoms with Crippen LogP contribution in [0.15, 0.2) is 30.6 Å². The largest absolute Gasteiger partial charge is 0.451 e. The number of nitrogens with one attached hydrogen (secondary N) is 1. The van der Waals surface area contributed by atoms with Crippen molar-refractivity contribution in [1.29, 1.82) is 0 Å². The van der Waals surface area contributed by atoms with Crippen molar-refractivity contribution in [2.24, 2.45) is 7.05 Å². The molecule has 0 aliphatic rings. The van der Waals surface area contributed by atoms with Crippen LogP contribution in [0.3, 0.4) is 0 Å². The van der Waals surface area contributed by atoms with Gasteiger partial charge in [-0.15, -0.1) is 0 Å². The third-order valence-corrected chi connectivity index (χ3v) is 2.62. The topological polar surface area (TPSA) is 39.1 Å². The smallest absolute Gasteiger partial charge is 0.166 e. The highest BCUT2D eigenvalue weighted by molar-refractivity contribution is 5.33. The summed E-state index contributed by atoms with van der Waals surface area (Å²) in [5.41, 5.74) is 0.893. The quantitative estimate of drug-likeness (QED) is 0.901. The van der Waals surface area contributed by atoms with E-state index in [1.165, 1.54) is 6.07 Å². The van der Waals surface area contributed by atoms with E-state index >= 15 is 0 Å². The van der Waals surface area contributed by atoms with Gasteiger partial charge in [-0.3, -0.25) is 4.68 Å². The van der Waals surface area contributed by atoms with Gasteiger partial charge >= 0.3 is 0 Å². The fraction of sp³-hybridized carbons (Fsp3) is 0.357. The van der Waals surface area contributed by atoms with Gasteiger partial charge in [0, 0.05) is 19.6 Å². The molecule has 1 N–H and O–H groups in total. The van der Waals surface area contributed by atoms with E-state index < -0.39 is 0 Å². The molecule has 19 heavy (non-hydrogen) atoms. The van der Waals surface area contributed by atoms with Gasteiger partial charge < -0.3 is 10.1 Å². The van der Waals surface area contributed by atoms with Crippen LogP contribution in [0.25, 0.3) is 0 Å². The van der Waals surface area contributed by atoms with Crippen molar-refractivity contribution in [1.82, 2.24) is 15.1 Å². The van der Waals surface area contributed by atoms with Crippen LogP contribution in [-0.2, 0) is 13.6 Å². The molecule has 1 aromatic carbocycles. The second-order valence-corrected chi connectivity index (χ2v) is 4.75. The number of ether oxygens (including phenoxy) is 1. The van der Waals surface area contributed by atoms with Crippen molar-refractivity contribution in [2.45, 2.75) is 26.4 Å². The number of aryl methyl sites for hydroxylation is 1. The van der Waals surface area contributed by atoms with Gasteiger partial charge in [0.25, 0.3) is 0 Å². The Morgan fingerprint density at radius 3 is 2.79 bits per heavy atom. The molecule has 0 spiro atoms. The minimum atomic E-state index is -0.369. The normalized spacial score (nSPS) is 11.0. The van der Waals surface area contributed by atoms with E-state index in [4.69, 9.17) is 4.74 Å². The number of hydrogen-bond acceptors (Lipinski definition) is 3. The van der Waals surface area contributed by atoms with Crippen LogP contribution in [0.2, 0.25) is 0 Å². The Morgan fingerprint density at radius 1 is 1.42 bits per heavy atom. The molecule has 0 unspecified atom stereocenters. The van der Waals surface area contributed by atoms with E-state index in [1.54, 1.807) is 30.2 Å². The van der Waals surface area contributed by atoms with Crippen LogP contribution in [0.5, 0.6) is 11.5 Å². The molecule has 5 heteroatoms. The average Bonchev–Trinajstić information content (AvgIpc) is 2.75. The minimum absolute atomic E-state index is 0.210. The van der Waals surface area contributed by atoms with Crippen LogP contribution in [0.4, 0.5) is 4.39 Å². The van der Waals surface area contributed by atoms with Crippen LogP contribution in [-0.4, -0.2) is 15.8 Å². The molecule has 0 aliphatic carbocycles. The number of nitrogens with zero attached hydrogens (tertiary/aromatic N) is 2. The van der Waals surface area contributed by atoms with E-state index in [1.807, 2.05) is 6.07 Å². The first-order valence-electron chi connectivity index (χ1n) is 6.23. The standard InChI is InChI=1S/C14H18FN3O/c1-10(2)16-7-11-4-5-14(13(15)6-11)19-12-8-17-18(3)9-12/h4-6,8-10,16H,7H2,1-3H3. The Kier molecular flexibility index (Phi) is 4.16. The van der Waals surface area contributed by atoms with Crippen LogP contribution >= 0.6 is 0 Å². The van der Waals surface area contributed by atoms with E-state index in [9.17, 15) is 4.39 Å². The molecule has 0 saturated carbocycles. The molecule has 0 fully saturated rings. The highest BCUT2D eigenvalue weighted by atomic mass is 19.1. The van der Waals surface area contributed by atoms with Crippen molar-refractivity contribution >= 4 is 0 Å². The highest BCUT2D eigenvalue weighted by Crippen LogP contribution is 2.24. The maximum atomic E-state index is 13.9. The summed E-state index contributed by atoms with van der Waals surface area (Å²) in [6.45, 7) is 4.74. The second kappa shape index (κ2) is 5.84. The molecule has 0 radical (unpaired) electrons. The molecule has 0 amide bonds. The molecular formula is C14H18FN3O. The van der Waals surface area contributed by atoms with Gasteiger partial charge in [-0.2, -0.15) is 5.10 Å². The van der Waals surface area contributed by atoms with Crippen molar-refractivity contribution in [3.8, 4) is 11.5 Å². The zero-order valence-corrected chi connectivity index (χ0v) is 11.4. The zero-order chi connectivity index (χ0) is 13.8. The summed E-state index contributed by atoms with van der Waals surface area (Å²) < 4.78 is 20.9. The molecule has 0 saturated heterocycles. The second-order valence-electron chi connectivity index (χ2n) is 4.75. The summed E-state index contributed by atoms with van der Waals surface area (Å²) >= 11 is 0. The average molecular weight is 263 g/mol. The van der Waals surface area contributed by atoms with Gasteiger partial charge in [-0.25, -0.2) is 4.39 Å². The number of aromatic nitrogens is 2.